The predicted octanol–water partition coefficient (Wildman–Crippen LogP) is 3.65. The molecule has 0 aromatic carbocycles. The zero-order valence-corrected chi connectivity index (χ0v) is 43.9. The maximum absolute atomic E-state index is 13.2. The predicted molar refractivity (Wildman–Crippen MR) is 268 cm³/mol. The van der Waals surface area contributed by atoms with Gasteiger partial charge < -0.3 is 89.9 Å². The van der Waals surface area contributed by atoms with Crippen molar-refractivity contribution in [2.45, 2.75) is 304 Å². The molecule has 0 bridgehead atoms. The number of ether oxygens (including phenoxy) is 6. The fourth-order valence-electron chi connectivity index (χ4n) is 9.96. The average molecular weight is 1040 g/mol. The summed E-state index contributed by atoms with van der Waals surface area (Å²) in [6.45, 7) is 1.71. The van der Waals surface area contributed by atoms with Gasteiger partial charge in [-0.15, -0.1) is 0 Å². The Kier molecular flexibility index (Phi) is 34.7. The number of aliphatic hydroxyl groups excluding tert-OH is 11. The molecule has 19 heteroatoms. The number of hydrogen-bond acceptors (Lipinski definition) is 18. The Balaban J connectivity index is 1.42. The first kappa shape index (κ1) is 65.1. The van der Waals surface area contributed by atoms with E-state index in [4.69, 9.17) is 28.4 Å². The van der Waals surface area contributed by atoms with E-state index >= 15 is 0 Å². The number of nitrogens with one attached hydrogen (secondary N) is 1. The topological polar surface area (TPSA) is 307 Å². The third kappa shape index (κ3) is 23.2. The summed E-state index contributed by atoms with van der Waals surface area (Å²) in [5.41, 5.74) is 0. The van der Waals surface area contributed by atoms with Gasteiger partial charge in [-0.3, -0.25) is 4.79 Å². The first-order valence-corrected chi connectivity index (χ1v) is 28.3. The average Bonchev–Trinajstić information content (AvgIpc) is 3.38. The second-order valence-electron chi connectivity index (χ2n) is 20.8. The van der Waals surface area contributed by atoms with Crippen LogP contribution in [0.2, 0.25) is 0 Å². The summed E-state index contributed by atoms with van der Waals surface area (Å²) in [5, 5.41) is 120. The van der Waals surface area contributed by atoms with Crippen molar-refractivity contribution in [2.24, 2.45) is 0 Å². The van der Waals surface area contributed by atoms with Crippen LogP contribution < -0.4 is 5.32 Å². The summed E-state index contributed by atoms with van der Waals surface area (Å²) in [5.74, 6) is -0.245. The van der Waals surface area contributed by atoms with Crippen molar-refractivity contribution in [2.75, 3.05) is 26.4 Å². The van der Waals surface area contributed by atoms with E-state index < -0.39 is 124 Å². The Bertz CT molecular complexity index is 1340. The van der Waals surface area contributed by atoms with Crippen molar-refractivity contribution in [3.05, 3.63) is 0 Å². The molecule has 17 unspecified atom stereocenters. The molecule has 0 aromatic heterocycles. The van der Waals surface area contributed by atoms with E-state index in [1.807, 2.05) is 0 Å². The van der Waals surface area contributed by atoms with E-state index in [9.17, 15) is 61.0 Å². The van der Waals surface area contributed by atoms with Gasteiger partial charge in [-0.25, -0.2) is 0 Å². The number of carbonyl (C=O) groups excluding carboxylic acids is 1. The minimum Gasteiger partial charge on any atom is -0.394 e. The van der Waals surface area contributed by atoms with Crippen molar-refractivity contribution < 1.29 is 89.4 Å². The van der Waals surface area contributed by atoms with Crippen LogP contribution in [0.5, 0.6) is 0 Å². The maximum atomic E-state index is 13.2. The van der Waals surface area contributed by atoms with Crippen molar-refractivity contribution in [3.63, 3.8) is 0 Å². The molecule has 3 aliphatic heterocycles. The molecule has 0 spiro atoms. The van der Waals surface area contributed by atoms with Crippen molar-refractivity contribution in [1.29, 1.82) is 0 Å². The van der Waals surface area contributed by atoms with Gasteiger partial charge in [-0.05, 0) is 12.8 Å². The molecular weight excluding hydrogens is 939 g/mol. The highest BCUT2D eigenvalue weighted by molar-refractivity contribution is 5.76. The maximum Gasteiger partial charge on any atom is 0.220 e. The summed E-state index contributed by atoms with van der Waals surface area (Å²) < 4.78 is 34.1. The second kappa shape index (κ2) is 38.4. The number of carbonyl (C=O) groups is 1. The van der Waals surface area contributed by atoms with Crippen LogP contribution in [-0.2, 0) is 33.2 Å². The van der Waals surface area contributed by atoms with Crippen LogP contribution in [0.1, 0.15) is 200 Å². The van der Waals surface area contributed by atoms with E-state index in [1.54, 1.807) is 0 Å². The number of hydrogen-bond donors (Lipinski definition) is 12. The third-order valence-electron chi connectivity index (χ3n) is 14.7. The van der Waals surface area contributed by atoms with Gasteiger partial charge >= 0.3 is 0 Å². The molecule has 3 rings (SSSR count). The number of amides is 1. The fourth-order valence-corrected chi connectivity index (χ4v) is 9.96. The van der Waals surface area contributed by atoms with E-state index in [0.717, 1.165) is 57.8 Å². The summed E-state index contributed by atoms with van der Waals surface area (Å²) in [7, 11) is 0. The van der Waals surface area contributed by atoms with Crippen LogP contribution in [0.15, 0.2) is 0 Å². The number of aliphatic hydroxyl groups is 11. The minimum absolute atomic E-state index is 0.245. The van der Waals surface area contributed by atoms with Crippen LogP contribution in [0.4, 0.5) is 0 Å². The van der Waals surface area contributed by atoms with Crippen LogP contribution in [0.25, 0.3) is 0 Å². The third-order valence-corrected chi connectivity index (χ3v) is 14.7. The molecule has 3 heterocycles. The molecule has 12 N–H and O–H groups in total. The smallest absolute Gasteiger partial charge is 0.220 e. The molecule has 426 valence electrons. The molecule has 1 amide bonds. The van der Waals surface area contributed by atoms with Gasteiger partial charge in [0.25, 0.3) is 0 Å². The minimum atomic E-state index is -1.97. The Hall–Kier alpha value is -1.21. The zero-order chi connectivity index (χ0) is 52.7. The van der Waals surface area contributed by atoms with Crippen LogP contribution in [0, 0.1) is 0 Å². The summed E-state index contributed by atoms with van der Waals surface area (Å²) >= 11 is 0. The molecule has 3 fully saturated rings. The number of unbranched alkanes of at least 4 members (excludes halogenated alkanes) is 25. The van der Waals surface area contributed by atoms with E-state index in [2.05, 4.69) is 19.2 Å². The van der Waals surface area contributed by atoms with Crippen molar-refractivity contribution >= 4 is 5.91 Å². The highest BCUT2D eigenvalue weighted by Crippen LogP contribution is 2.33. The lowest BCUT2D eigenvalue weighted by molar-refractivity contribution is -0.379. The number of rotatable bonds is 41. The van der Waals surface area contributed by atoms with Crippen LogP contribution >= 0.6 is 0 Å². The molecule has 0 saturated carbocycles. The van der Waals surface area contributed by atoms with Gasteiger partial charge in [0, 0.05) is 6.42 Å². The lowest BCUT2D eigenvalue weighted by Crippen LogP contribution is -2.66. The molecule has 17 atom stereocenters. The molecule has 3 saturated heterocycles. The summed E-state index contributed by atoms with van der Waals surface area (Å²) in [4.78, 5) is 13.2. The molecule has 3 aliphatic rings. The molecule has 19 nitrogen and oxygen atoms in total. The Morgan fingerprint density at radius 2 is 0.792 bits per heavy atom. The van der Waals surface area contributed by atoms with Crippen molar-refractivity contribution in [1.82, 2.24) is 5.32 Å². The fraction of sp³-hybridized carbons (Fsp3) is 0.981. The highest BCUT2D eigenvalue weighted by atomic mass is 16.8. The van der Waals surface area contributed by atoms with E-state index in [1.165, 1.54) is 109 Å². The van der Waals surface area contributed by atoms with Gasteiger partial charge in [0.2, 0.25) is 5.91 Å². The van der Waals surface area contributed by atoms with Gasteiger partial charge in [-0.1, -0.05) is 181 Å². The van der Waals surface area contributed by atoms with Crippen LogP contribution in [-0.4, -0.2) is 193 Å². The van der Waals surface area contributed by atoms with E-state index in [-0.39, 0.29) is 18.9 Å². The standard InChI is InChI=1S/C53H101NO18/c1-3-5-7-9-11-12-13-14-15-16-17-18-19-20-21-22-23-24-25-27-29-31-41(59)54-36(37(58)30-28-26-10-8-6-4-2)35-67-51-47(65)44(62)49(39(33-56)69-51)72-53-48(66)45(63)50(40(34-57)70-53)71-52-46(64)43(61)42(60)38(32-55)68-52/h36-40,42-53,55-58,60-66H,3-35H2,1-2H3,(H,54,59). The molecule has 0 radical (unpaired) electrons. The zero-order valence-electron chi connectivity index (χ0n) is 43.9. The summed E-state index contributed by atoms with van der Waals surface area (Å²) in [6, 6.07) is -0.877. The Labute approximate surface area is 430 Å². The summed E-state index contributed by atoms with van der Waals surface area (Å²) in [6.07, 6.45) is 6.86. The van der Waals surface area contributed by atoms with Gasteiger partial charge in [-0.2, -0.15) is 0 Å². The van der Waals surface area contributed by atoms with Gasteiger partial charge in [0.15, 0.2) is 18.9 Å². The van der Waals surface area contributed by atoms with Crippen molar-refractivity contribution in [3.8, 4) is 0 Å². The lowest BCUT2D eigenvalue weighted by atomic mass is 9.96. The Morgan fingerprint density at radius 3 is 1.21 bits per heavy atom. The van der Waals surface area contributed by atoms with E-state index in [0.29, 0.717) is 12.8 Å². The normalized spacial score (nSPS) is 31.9. The van der Waals surface area contributed by atoms with Gasteiger partial charge in [0.1, 0.15) is 73.2 Å². The largest absolute Gasteiger partial charge is 0.394 e. The van der Waals surface area contributed by atoms with Crippen LogP contribution in [0.3, 0.4) is 0 Å². The molecule has 72 heavy (non-hydrogen) atoms. The van der Waals surface area contributed by atoms with Gasteiger partial charge in [0.05, 0.1) is 38.6 Å². The highest BCUT2D eigenvalue weighted by Gasteiger charge is 2.53. The first-order chi connectivity index (χ1) is 34.8. The monoisotopic (exact) mass is 1040 g/mol. The Morgan fingerprint density at radius 1 is 0.444 bits per heavy atom. The molecular formula is C53H101NO18. The first-order valence-electron chi connectivity index (χ1n) is 28.3. The SMILES string of the molecule is CCCCCCCCCCCCCCCCCCCCCCCC(=O)NC(COC1OC(CO)C(OC2OC(CO)C(OC3OC(CO)C(O)C(O)C3O)C(O)C2O)C(O)C1O)C(O)CCCCCCCC. The quantitative estimate of drug-likeness (QED) is 0.0389. The lowest BCUT2D eigenvalue weighted by Gasteiger charge is -2.48. The second-order valence-corrected chi connectivity index (χ2v) is 20.8. The molecule has 0 aromatic rings. The molecule has 0 aliphatic carbocycles.